The number of nitrogens with one attached hydrogen (secondary N) is 1. The van der Waals surface area contributed by atoms with Gasteiger partial charge in [0.15, 0.2) is 10.8 Å². The van der Waals surface area contributed by atoms with Crippen molar-refractivity contribution in [1.82, 2.24) is 15.2 Å². The molecule has 6 atom stereocenters. The second kappa shape index (κ2) is 10.5. The van der Waals surface area contributed by atoms with Crippen LogP contribution >= 0.6 is 27.3 Å². The van der Waals surface area contributed by atoms with E-state index in [-0.39, 0.29) is 24.4 Å². The van der Waals surface area contributed by atoms with Gasteiger partial charge in [-0.2, -0.15) is 0 Å². The minimum atomic E-state index is -0.808. The van der Waals surface area contributed by atoms with Crippen LogP contribution in [0.3, 0.4) is 0 Å². The molecule has 1 saturated carbocycles. The maximum absolute atomic E-state index is 13.9. The molecule has 8 nitrogen and oxygen atoms in total. The van der Waals surface area contributed by atoms with E-state index in [0.717, 1.165) is 17.1 Å². The molecular formula is C24H30BrFN4O4S. The molecule has 0 bridgehead atoms. The van der Waals surface area contributed by atoms with E-state index in [9.17, 15) is 14.6 Å². The Hall–Kier alpha value is -1.47. The molecule has 0 radical (unpaired) electrons. The van der Waals surface area contributed by atoms with Crippen LogP contribution < -0.4 is 5.32 Å². The number of aromatic nitrogens is 1. The fourth-order valence-corrected chi connectivity index (χ4v) is 6.32. The van der Waals surface area contributed by atoms with Crippen molar-refractivity contribution in [2.45, 2.75) is 43.2 Å². The Labute approximate surface area is 216 Å². The van der Waals surface area contributed by atoms with Crippen molar-refractivity contribution in [2.75, 3.05) is 39.5 Å². The summed E-state index contributed by atoms with van der Waals surface area (Å²) < 4.78 is 26.0. The van der Waals surface area contributed by atoms with Gasteiger partial charge in [0.25, 0.3) is 0 Å². The summed E-state index contributed by atoms with van der Waals surface area (Å²) in [6, 6.07) is 3.92. The number of halogens is 2. The molecule has 5 unspecified atom stereocenters. The zero-order chi connectivity index (χ0) is 24.6. The first-order valence-corrected chi connectivity index (χ1v) is 13.6. The van der Waals surface area contributed by atoms with Crippen LogP contribution in [0, 0.1) is 11.7 Å². The molecule has 1 spiro atoms. The molecule has 2 aromatic rings. The number of aliphatic imine (C=N–C) groups is 1. The van der Waals surface area contributed by atoms with Crippen molar-refractivity contribution < 1.29 is 24.1 Å². The largest absolute Gasteiger partial charge is 0.390 e. The Bertz CT molecular complexity index is 1060. The van der Waals surface area contributed by atoms with Crippen molar-refractivity contribution in [3.8, 4) is 0 Å². The highest BCUT2D eigenvalue weighted by Gasteiger charge is 2.57. The van der Waals surface area contributed by atoms with Gasteiger partial charge in [-0.3, -0.25) is 9.89 Å². The smallest absolute Gasteiger partial charge is 0.158 e. The summed E-state index contributed by atoms with van der Waals surface area (Å²) in [6.07, 6.45) is 1.14. The standard InChI is InChI=1S/C24H30BrFN4O4S/c1-2-33-12-18(31)20-17(11-30-6-7-34-24(13-30)10-19(24)32)28-22(23-27-5-8-35-23)29-21(20)15-4-3-14(26)9-16(15)25/h3-5,8-9,17-21,31-32H,2,6-7,10-13H2,1H3,(H,28,29)/t17?,18-,19?,20?,21?,24?/m1/s1. The summed E-state index contributed by atoms with van der Waals surface area (Å²) in [5, 5.41) is 27.7. The van der Waals surface area contributed by atoms with Crippen LogP contribution in [0.15, 0.2) is 39.2 Å². The lowest BCUT2D eigenvalue weighted by Crippen LogP contribution is -2.58. The van der Waals surface area contributed by atoms with Crippen molar-refractivity contribution >= 4 is 33.1 Å². The average Bonchev–Trinajstić information content (AvgIpc) is 3.21. The molecule has 3 heterocycles. The lowest BCUT2D eigenvalue weighted by Gasteiger charge is -2.43. The summed E-state index contributed by atoms with van der Waals surface area (Å²) in [5.74, 6) is -0.0429. The fraction of sp³-hybridized carbons (Fsp3) is 0.583. The third-order valence-electron chi connectivity index (χ3n) is 7.00. The Morgan fingerprint density at radius 3 is 2.97 bits per heavy atom. The predicted molar refractivity (Wildman–Crippen MR) is 134 cm³/mol. The van der Waals surface area contributed by atoms with E-state index >= 15 is 0 Å². The van der Waals surface area contributed by atoms with Crippen LogP contribution in [-0.4, -0.2) is 89.2 Å². The van der Waals surface area contributed by atoms with E-state index in [1.807, 2.05) is 12.3 Å². The zero-order valence-corrected chi connectivity index (χ0v) is 21.8. The lowest BCUT2D eigenvalue weighted by molar-refractivity contribution is -0.0745. The Kier molecular flexibility index (Phi) is 7.55. The van der Waals surface area contributed by atoms with E-state index in [4.69, 9.17) is 14.5 Å². The summed E-state index contributed by atoms with van der Waals surface area (Å²) in [6.45, 7) is 5.09. The van der Waals surface area contributed by atoms with Gasteiger partial charge >= 0.3 is 0 Å². The highest BCUT2D eigenvalue weighted by Crippen LogP contribution is 2.43. The Balaban J connectivity index is 1.50. The SMILES string of the molecule is CCOC[C@@H](O)C1C(CN2CCOC3(CC3O)C2)NC(c2nccs2)=NC1c1ccc(F)cc1Br. The van der Waals surface area contributed by atoms with Crippen LogP contribution in [-0.2, 0) is 9.47 Å². The highest BCUT2D eigenvalue weighted by molar-refractivity contribution is 9.10. The molecular weight excluding hydrogens is 539 g/mol. The van der Waals surface area contributed by atoms with Gasteiger partial charge in [0.05, 0.1) is 31.5 Å². The second-order valence-corrected chi connectivity index (χ2v) is 11.1. The molecule has 2 fully saturated rings. The first kappa shape index (κ1) is 25.2. The van der Waals surface area contributed by atoms with Gasteiger partial charge in [0, 0.05) is 60.7 Å². The fourth-order valence-electron chi connectivity index (χ4n) is 5.13. The third kappa shape index (κ3) is 5.31. The second-order valence-electron chi connectivity index (χ2n) is 9.35. The maximum Gasteiger partial charge on any atom is 0.158 e. The molecule has 0 amide bonds. The van der Waals surface area contributed by atoms with Gasteiger partial charge in [-0.05, 0) is 24.6 Å². The molecule has 1 aromatic carbocycles. The lowest BCUT2D eigenvalue weighted by atomic mass is 9.81. The van der Waals surface area contributed by atoms with Crippen molar-refractivity contribution in [3.63, 3.8) is 0 Å². The normalized spacial score (nSPS) is 31.7. The highest BCUT2D eigenvalue weighted by atomic mass is 79.9. The number of aliphatic hydroxyl groups excluding tert-OH is 2. The molecule has 1 aliphatic carbocycles. The number of benzene rings is 1. The number of aliphatic hydroxyl groups is 2. The maximum atomic E-state index is 13.9. The number of nitrogens with zero attached hydrogens (tertiary/aromatic N) is 3. The van der Waals surface area contributed by atoms with Crippen LogP contribution in [0.5, 0.6) is 0 Å². The number of thiazole rings is 1. The first-order valence-electron chi connectivity index (χ1n) is 11.9. The van der Waals surface area contributed by atoms with E-state index in [1.54, 1.807) is 12.3 Å². The summed E-state index contributed by atoms with van der Waals surface area (Å²) >= 11 is 5.00. The molecule has 1 aromatic heterocycles. The number of hydrogen-bond acceptors (Lipinski definition) is 9. The molecule has 190 valence electrons. The molecule has 35 heavy (non-hydrogen) atoms. The number of rotatable bonds is 8. The molecule has 3 aliphatic rings. The number of amidine groups is 1. The van der Waals surface area contributed by atoms with E-state index in [0.29, 0.717) is 43.0 Å². The van der Waals surface area contributed by atoms with Crippen molar-refractivity contribution in [1.29, 1.82) is 0 Å². The van der Waals surface area contributed by atoms with Gasteiger partial charge in [0.2, 0.25) is 0 Å². The van der Waals surface area contributed by atoms with Crippen LogP contribution in [0.1, 0.15) is 30.0 Å². The van der Waals surface area contributed by atoms with Gasteiger partial charge in [0.1, 0.15) is 11.4 Å². The molecule has 3 N–H and O–H groups in total. The minimum Gasteiger partial charge on any atom is -0.390 e. The summed E-state index contributed by atoms with van der Waals surface area (Å²) in [5.41, 5.74) is 0.321. The van der Waals surface area contributed by atoms with Crippen molar-refractivity contribution in [2.24, 2.45) is 10.9 Å². The van der Waals surface area contributed by atoms with Crippen LogP contribution in [0.25, 0.3) is 0 Å². The quantitative estimate of drug-likeness (QED) is 0.449. The Morgan fingerprint density at radius 2 is 2.29 bits per heavy atom. The average molecular weight is 569 g/mol. The number of morpholine rings is 1. The molecule has 2 aliphatic heterocycles. The minimum absolute atomic E-state index is 0.169. The van der Waals surface area contributed by atoms with Gasteiger partial charge in [-0.1, -0.05) is 22.0 Å². The summed E-state index contributed by atoms with van der Waals surface area (Å²) in [7, 11) is 0. The summed E-state index contributed by atoms with van der Waals surface area (Å²) in [4.78, 5) is 11.7. The van der Waals surface area contributed by atoms with E-state index in [2.05, 4.69) is 31.1 Å². The van der Waals surface area contributed by atoms with E-state index < -0.39 is 23.9 Å². The monoisotopic (exact) mass is 568 g/mol. The number of ether oxygens (including phenoxy) is 2. The van der Waals surface area contributed by atoms with Crippen LogP contribution in [0.4, 0.5) is 4.39 Å². The molecule has 1 saturated heterocycles. The topological polar surface area (TPSA) is 99.4 Å². The van der Waals surface area contributed by atoms with Crippen molar-refractivity contribution in [3.05, 3.63) is 50.6 Å². The molecule has 11 heteroatoms. The van der Waals surface area contributed by atoms with Crippen LogP contribution in [0.2, 0.25) is 0 Å². The third-order valence-corrected chi connectivity index (χ3v) is 8.47. The van der Waals surface area contributed by atoms with Gasteiger partial charge in [-0.15, -0.1) is 11.3 Å². The number of hydrogen-bond donors (Lipinski definition) is 3. The van der Waals surface area contributed by atoms with Gasteiger partial charge in [-0.25, -0.2) is 9.37 Å². The molecule has 5 rings (SSSR count). The Morgan fingerprint density at radius 1 is 1.46 bits per heavy atom. The first-order chi connectivity index (χ1) is 16.9. The predicted octanol–water partition coefficient (Wildman–Crippen LogP) is 2.35. The van der Waals surface area contributed by atoms with E-state index in [1.165, 1.54) is 23.5 Å². The zero-order valence-electron chi connectivity index (χ0n) is 19.4. The van der Waals surface area contributed by atoms with Gasteiger partial charge < -0.3 is 25.0 Å².